The quantitative estimate of drug-likeness (QED) is 0.816. The molecule has 0 aliphatic carbocycles. The van der Waals surface area contributed by atoms with Gasteiger partial charge in [-0.25, -0.2) is 4.99 Å². The topological polar surface area (TPSA) is 38.1 Å². The highest BCUT2D eigenvalue weighted by molar-refractivity contribution is 6.09. The second kappa shape index (κ2) is 5.40. The first-order valence-corrected chi connectivity index (χ1v) is 6.22. The maximum atomic E-state index is 4.68. The minimum absolute atomic E-state index is 0.853. The number of rotatable bonds is 2. The molecule has 0 unspecified atom stereocenters. The lowest BCUT2D eigenvalue weighted by molar-refractivity contribution is 1.24. The van der Waals surface area contributed by atoms with Gasteiger partial charge in [0.15, 0.2) is 0 Å². The molecule has 1 aliphatic rings. The van der Waals surface area contributed by atoms with Gasteiger partial charge in [-0.3, -0.25) is 9.97 Å². The lowest BCUT2D eigenvalue weighted by Gasteiger charge is -2.03. The molecular formula is C16H13N3. The number of aliphatic imine (C=N–C) groups is 1. The first-order chi connectivity index (χ1) is 9.43. The van der Waals surface area contributed by atoms with E-state index in [-0.39, 0.29) is 0 Å². The molecule has 2 aromatic rings. The predicted molar refractivity (Wildman–Crippen MR) is 76.7 cm³/mol. The van der Waals surface area contributed by atoms with Gasteiger partial charge in [0, 0.05) is 12.4 Å². The van der Waals surface area contributed by atoms with Crippen LogP contribution in [0, 0.1) is 0 Å². The fourth-order valence-electron chi connectivity index (χ4n) is 1.91. The van der Waals surface area contributed by atoms with Gasteiger partial charge in [-0.2, -0.15) is 0 Å². The zero-order chi connectivity index (χ0) is 12.9. The van der Waals surface area contributed by atoms with Crippen molar-refractivity contribution in [2.75, 3.05) is 0 Å². The minimum atomic E-state index is 0.853. The van der Waals surface area contributed by atoms with Gasteiger partial charge < -0.3 is 0 Å². The van der Waals surface area contributed by atoms with Gasteiger partial charge in [-0.15, -0.1) is 0 Å². The van der Waals surface area contributed by atoms with Gasteiger partial charge in [0.1, 0.15) is 0 Å². The summed E-state index contributed by atoms with van der Waals surface area (Å²) < 4.78 is 0. The van der Waals surface area contributed by atoms with Crippen molar-refractivity contribution in [3.8, 4) is 0 Å². The molecule has 2 aromatic heterocycles. The first kappa shape index (κ1) is 11.5. The molecule has 0 N–H and O–H groups in total. The number of aromatic nitrogens is 2. The third-order valence-corrected chi connectivity index (χ3v) is 2.82. The van der Waals surface area contributed by atoms with E-state index in [1.807, 2.05) is 42.5 Å². The molecule has 19 heavy (non-hydrogen) atoms. The number of nitrogens with zero attached hydrogens (tertiary/aromatic N) is 3. The molecule has 1 aliphatic heterocycles. The van der Waals surface area contributed by atoms with Crippen molar-refractivity contribution >= 4 is 11.4 Å². The molecule has 0 saturated carbocycles. The predicted octanol–water partition coefficient (Wildman–Crippen LogP) is 3.27. The summed E-state index contributed by atoms with van der Waals surface area (Å²) in [7, 11) is 0. The number of hydrogen-bond acceptors (Lipinski definition) is 3. The second-order valence-electron chi connectivity index (χ2n) is 4.15. The Labute approximate surface area is 112 Å². The number of hydrogen-bond donors (Lipinski definition) is 0. The van der Waals surface area contributed by atoms with Crippen LogP contribution in [-0.4, -0.2) is 15.7 Å². The summed E-state index contributed by atoms with van der Waals surface area (Å²) in [6.45, 7) is 0. The van der Waals surface area contributed by atoms with Gasteiger partial charge in [-0.05, 0) is 36.8 Å². The maximum Gasteiger partial charge on any atom is 0.0891 e. The highest BCUT2D eigenvalue weighted by Crippen LogP contribution is 2.18. The van der Waals surface area contributed by atoms with Crippen LogP contribution in [0.5, 0.6) is 0 Å². The summed E-state index contributed by atoms with van der Waals surface area (Å²) in [5, 5.41) is 0. The first-order valence-electron chi connectivity index (χ1n) is 6.22. The Bertz CT molecular complexity index is 640. The van der Waals surface area contributed by atoms with Crippen molar-refractivity contribution in [3.05, 3.63) is 78.4 Å². The number of pyridine rings is 2. The van der Waals surface area contributed by atoms with Crippen molar-refractivity contribution in [2.45, 2.75) is 6.42 Å². The van der Waals surface area contributed by atoms with E-state index in [1.54, 1.807) is 12.4 Å². The molecule has 0 radical (unpaired) electrons. The SMILES string of the molecule is C1=CC(c2ccccn2)=NC(c2ccccn2)=CC1. The normalized spacial score (nSPS) is 14.5. The fraction of sp³-hybridized carbons (Fsp3) is 0.0625. The Hall–Kier alpha value is -2.55. The van der Waals surface area contributed by atoms with Crippen LogP contribution in [0.3, 0.4) is 0 Å². The molecule has 0 atom stereocenters. The van der Waals surface area contributed by atoms with Crippen LogP contribution >= 0.6 is 0 Å². The van der Waals surface area contributed by atoms with E-state index in [1.165, 1.54) is 0 Å². The molecule has 0 fully saturated rings. The van der Waals surface area contributed by atoms with Crippen molar-refractivity contribution in [1.29, 1.82) is 0 Å². The van der Waals surface area contributed by atoms with Crippen LogP contribution in [0.2, 0.25) is 0 Å². The average Bonchev–Trinajstić information content (AvgIpc) is 2.75. The molecule has 92 valence electrons. The lowest BCUT2D eigenvalue weighted by atomic mass is 10.2. The summed E-state index contributed by atoms with van der Waals surface area (Å²) >= 11 is 0. The summed E-state index contributed by atoms with van der Waals surface area (Å²) in [6.07, 6.45) is 10.6. The summed E-state index contributed by atoms with van der Waals surface area (Å²) in [5.74, 6) is 0. The third-order valence-electron chi connectivity index (χ3n) is 2.82. The third kappa shape index (κ3) is 2.65. The second-order valence-corrected chi connectivity index (χ2v) is 4.15. The van der Waals surface area contributed by atoms with E-state index in [9.17, 15) is 0 Å². The molecule has 3 nitrogen and oxygen atoms in total. The smallest absolute Gasteiger partial charge is 0.0891 e. The molecule has 3 heteroatoms. The molecule has 0 aromatic carbocycles. The highest BCUT2D eigenvalue weighted by atomic mass is 14.8. The van der Waals surface area contributed by atoms with E-state index in [2.05, 4.69) is 27.1 Å². The van der Waals surface area contributed by atoms with Crippen LogP contribution in [0.15, 0.2) is 72.0 Å². The molecule has 0 amide bonds. The Morgan fingerprint density at radius 1 is 0.842 bits per heavy atom. The van der Waals surface area contributed by atoms with Crippen LogP contribution in [-0.2, 0) is 0 Å². The monoisotopic (exact) mass is 247 g/mol. The van der Waals surface area contributed by atoms with E-state index in [0.29, 0.717) is 0 Å². The fourth-order valence-corrected chi connectivity index (χ4v) is 1.91. The molecule has 3 heterocycles. The van der Waals surface area contributed by atoms with Crippen molar-refractivity contribution in [3.63, 3.8) is 0 Å². The van der Waals surface area contributed by atoms with Gasteiger partial charge >= 0.3 is 0 Å². The largest absolute Gasteiger partial charge is 0.255 e. The standard InChI is InChI=1S/C16H13N3/c1-2-10-16(14-8-4-6-12-18-14)19-15(9-1)13-7-3-5-11-17-13/h1,3-12H,2H2. The van der Waals surface area contributed by atoms with E-state index < -0.39 is 0 Å². The Balaban J connectivity index is 2.02. The van der Waals surface area contributed by atoms with Gasteiger partial charge in [0.25, 0.3) is 0 Å². The van der Waals surface area contributed by atoms with Crippen LogP contribution < -0.4 is 0 Å². The van der Waals surface area contributed by atoms with E-state index in [0.717, 1.165) is 29.2 Å². The molecular weight excluding hydrogens is 234 g/mol. The lowest BCUT2D eigenvalue weighted by Crippen LogP contribution is -2.00. The van der Waals surface area contributed by atoms with E-state index in [4.69, 9.17) is 0 Å². The minimum Gasteiger partial charge on any atom is -0.255 e. The molecule has 3 rings (SSSR count). The van der Waals surface area contributed by atoms with Gasteiger partial charge in [0.05, 0.1) is 22.8 Å². The zero-order valence-corrected chi connectivity index (χ0v) is 10.4. The highest BCUT2D eigenvalue weighted by Gasteiger charge is 2.07. The maximum absolute atomic E-state index is 4.68. The van der Waals surface area contributed by atoms with Gasteiger partial charge in [0.2, 0.25) is 0 Å². The Kier molecular flexibility index (Phi) is 3.28. The summed E-state index contributed by atoms with van der Waals surface area (Å²) in [6, 6.07) is 11.7. The Morgan fingerprint density at radius 2 is 1.58 bits per heavy atom. The molecule has 0 saturated heterocycles. The van der Waals surface area contributed by atoms with E-state index >= 15 is 0 Å². The van der Waals surface area contributed by atoms with Crippen LogP contribution in [0.4, 0.5) is 0 Å². The molecule has 0 spiro atoms. The van der Waals surface area contributed by atoms with Crippen molar-refractivity contribution in [2.24, 2.45) is 4.99 Å². The van der Waals surface area contributed by atoms with Crippen LogP contribution in [0.25, 0.3) is 5.70 Å². The summed E-state index contributed by atoms with van der Waals surface area (Å²) in [4.78, 5) is 13.4. The average molecular weight is 247 g/mol. The zero-order valence-electron chi connectivity index (χ0n) is 10.4. The van der Waals surface area contributed by atoms with Gasteiger partial charge in [-0.1, -0.05) is 24.3 Å². The number of allylic oxidation sites excluding steroid dienone is 3. The Morgan fingerprint density at radius 3 is 2.26 bits per heavy atom. The van der Waals surface area contributed by atoms with Crippen molar-refractivity contribution < 1.29 is 0 Å². The summed E-state index contributed by atoms with van der Waals surface area (Å²) in [5.41, 5.74) is 3.53. The van der Waals surface area contributed by atoms with Crippen LogP contribution in [0.1, 0.15) is 17.8 Å². The molecule has 0 bridgehead atoms. The van der Waals surface area contributed by atoms with Crippen molar-refractivity contribution in [1.82, 2.24) is 9.97 Å².